The number of aryl methyl sites for hydroxylation is 1. The zero-order chi connectivity index (χ0) is 10.6. The van der Waals surface area contributed by atoms with E-state index in [9.17, 15) is 13.2 Å². The predicted molar refractivity (Wildman–Crippen MR) is 48.3 cm³/mol. The van der Waals surface area contributed by atoms with Gasteiger partial charge in [-0.2, -0.15) is 0 Å². The molecule has 0 aliphatic heterocycles. The van der Waals surface area contributed by atoms with Crippen LogP contribution < -0.4 is 5.73 Å². The monoisotopic (exact) mass is 203 g/mol. The van der Waals surface area contributed by atoms with Gasteiger partial charge in [0.25, 0.3) is 0 Å². The van der Waals surface area contributed by atoms with E-state index < -0.39 is 17.5 Å². The van der Waals surface area contributed by atoms with Crippen LogP contribution in [0.15, 0.2) is 12.1 Å². The summed E-state index contributed by atoms with van der Waals surface area (Å²) in [6, 6.07) is 1.48. The van der Waals surface area contributed by atoms with Crippen LogP contribution in [0.5, 0.6) is 0 Å². The lowest BCUT2D eigenvalue weighted by Crippen LogP contribution is -2.01. The SMILES string of the molecule is NCCCCc1cc(F)c(F)cc1F. The predicted octanol–water partition coefficient (Wildman–Crippen LogP) is 2.39. The average Bonchev–Trinajstić information content (AvgIpc) is 2.14. The molecule has 14 heavy (non-hydrogen) atoms. The fourth-order valence-electron chi connectivity index (χ4n) is 1.22. The van der Waals surface area contributed by atoms with Gasteiger partial charge in [0, 0.05) is 6.07 Å². The van der Waals surface area contributed by atoms with Crippen LogP contribution in [0.4, 0.5) is 13.2 Å². The van der Waals surface area contributed by atoms with E-state index in [1.165, 1.54) is 0 Å². The second kappa shape index (κ2) is 5.00. The number of hydrogen-bond acceptors (Lipinski definition) is 1. The maximum absolute atomic E-state index is 13.0. The van der Waals surface area contributed by atoms with Crippen molar-refractivity contribution in [1.82, 2.24) is 0 Å². The second-order valence-electron chi connectivity index (χ2n) is 3.10. The summed E-state index contributed by atoms with van der Waals surface area (Å²) in [5, 5.41) is 0. The lowest BCUT2D eigenvalue weighted by Gasteiger charge is -2.03. The third kappa shape index (κ3) is 2.73. The first-order valence-corrected chi connectivity index (χ1v) is 4.48. The highest BCUT2D eigenvalue weighted by atomic mass is 19.2. The molecule has 1 aromatic carbocycles. The van der Waals surface area contributed by atoms with Crippen molar-refractivity contribution < 1.29 is 13.2 Å². The number of unbranched alkanes of at least 4 members (excludes halogenated alkanes) is 1. The zero-order valence-electron chi connectivity index (χ0n) is 7.69. The van der Waals surface area contributed by atoms with Crippen molar-refractivity contribution in [3.05, 3.63) is 35.1 Å². The van der Waals surface area contributed by atoms with Crippen molar-refractivity contribution in [1.29, 1.82) is 0 Å². The van der Waals surface area contributed by atoms with Crippen LogP contribution in [0.25, 0.3) is 0 Å². The molecule has 4 heteroatoms. The molecule has 0 atom stereocenters. The van der Waals surface area contributed by atoms with E-state index in [0.717, 1.165) is 12.5 Å². The highest BCUT2D eigenvalue weighted by Gasteiger charge is 2.08. The molecule has 0 saturated heterocycles. The third-order valence-corrected chi connectivity index (χ3v) is 1.99. The van der Waals surface area contributed by atoms with E-state index in [2.05, 4.69) is 0 Å². The van der Waals surface area contributed by atoms with Gasteiger partial charge in [0.2, 0.25) is 0 Å². The Morgan fingerprint density at radius 3 is 2.21 bits per heavy atom. The molecule has 0 aliphatic rings. The maximum Gasteiger partial charge on any atom is 0.161 e. The van der Waals surface area contributed by atoms with Crippen LogP contribution >= 0.6 is 0 Å². The van der Waals surface area contributed by atoms with Crippen LogP contribution in [-0.2, 0) is 6.42 Å². The molecule has 1 aromatic rings. The number of halogens is 3. The van der Waals surface area contributed by atoms with Gasteiger partial charge >= 0.3 is 0 Å². The highest BCUT2D eigenvalue weighted by molar-refractivity contribution is 5.20. The van der Waals surface area contributed by atoms with E-state index in [-0.39, 0.29) is 5.56 Å². The van der Waals surface area contributed by atoms with E-state index >= 15 is 0 Å². The summed E-state index contributed by atoms with van der Waals surface area (Å²) in [6.45, 7) is 0.519. The normalized spacial score (nSPS) is 10.6. The van der Waals surface area contributed by atoms with Crippen molar-refractivity contribution in [2.24, 2.45) is 5.73 Å². The minimum atomic E-state index is -1.15. The molecule has 0 saturated carbocycles. The van der Waals surface area contributed by atoms with E-state index in [4.69, 9.17) is 5.73 Å². The molecular formula is C10H12F3N. The fraction of sp³-hybridized carbons (Fsp3) is 0.400. The second-order valence-corrected chi connectivity index (χ2v) is 3.10. The van der Waals surface area contributed by atoms with Gasteiger partial charge < -0.3 is 5.73 Å². The third-order valence-electron chi connectivity index (χ3n) is 1.99. The summed E-state index contributed by atoms with van der Waals surface area (Å²) in [5.41, 5.74) is 5.46. The number of rotatable bonds is 4. The first-order chi connectivity index (χ1) is 6.65. The van der Waals surface area contributed by atoms with Crippen LogP contribution in [0.2, 0.25) is 0 Å². The quantitative estimate of drug-likeness (QED) is 0.590. The first-order valence-electron chi connectivity index (χ1n) is 4.48. The molecule has 0 aliphatic carbocycles. The molecule has 0 heterocycles. The Hall–Kier alpha value is -1.03. The van der Waals surface area contributed by atoms with Gasteiger partial charge in [0.1, 0.15) is 5.82 Å². The smallest absolute Gasteiger partial charge is 0.161 e. The minimum absolute atomic E-state index is 0.206. The number of benzene rings is 1. The summed E-state index contributed by atoms with van der Waals surface area (Å²) in [7, 11) is 0. The summed E-state index contributed by atoms with van der Waals surface area (Å²) < 4.78 is 38.2. The van der Waals surface area contributed by atoms with Gasteiger partial charge in [-0.3, -0.25) is 0 Å². The van der Waals surface area contributed by atoms with Gasteiger partial charge in [-0.25, -0.2) is 13.2 Å². The van der Waals surface area contributed by atoms with E-state index in [0.29, 0.717) is 25.5 Å². The van der Waals surface area contributed by atoms with Gasteiger partial charge in [-0.1, -0.05) is 0 Å². The van der Waals surface area contributed by atoms with Gasteiger partial charge in [-0.05, 0) is 37.4 Å². The average molecular weight is 203 g/mol. The minimum Gasteiger partial charge on any atom is -0.330 e. The van der Waals surface area contributed by atoms with Gasteiger partial charge in [-0.15, -0.1) is 0 Å². The standard InChI is InChI=1S/C10H12F3N/c11-8-6-10(13)9(12)5-7(8)3-1-2-4-14/h5-6H,1-4,14H2. The molecule has 1 nitrogen and oxygen atoms in total. The lowest BCUT2D eigenvalue weighted by atomic mass is 10.1. The molecule has 78 valence electrons. The Labute approximate surface area is 80.7 Å². The summed E-state index contributed by atoms with van der Waals surface area (Å²) in [5.74, 6) is -2.85. The number of nitrogens with two attached hydrogens (primary N) is 1. The lowest BCUT2D eigenvalue weighted by molar-refractivity contribution is 0.489. The van der Waals surface area contributed by atoms with Crippen LogP contribution in [0.3, 0.4) is 0 Å². The molecule has 2 N–H and O–H groups in total. The maximum atomic E-state index is 13.0. The van der Waals surface area contributed by atoms with Gasteiger partial charge in [0.15, 0.2) is 11.6 Å². The highest BCUT2D eigenvalue weighted by Crippen LogP contribution is 2.15. The van der Waals surface area contributed by atoms with Crippen LogP contribution in [-0.4, -0.2) is 6.54 Å². The zero-order valence-corrected chi connectivity index (χ0v) is 7.69. The Bertz CT molecular complexity index is 312. The topological polar surface area (TPSA) is 26.0 Å². The molecule has 0 amide bonds. The molecular weight excluding hydrogens is 191 g/mol. The largest absolute Gasteiger partial charge is 0.330 e. The van der Waals surface area contributed by atoms with Crippen molar-refractivity contribution in [2.75, 3.05) is 6.54 Å². The number of hydrogen-bond donors (Lipinski definition) is 1. The van der Waals surface area contributed by atoms with Crippen LogP contribution in [0, 0.1) is 17.5 Å². The van der Waals surface area contributed by atoms with Crippen molar-refractivity contribution >= 4 is 0 Å². The first kappa shape index (κ1) is 11.0. The molecule has 0 spiro atoms. The van der Waals surface area contributed by atoms with E-state index in [1.54, 1.807) is 0 Å². The fourth-order valence-corrected chi connectivity index (χ4v) is 1.22. The Morgan fingerprint density at radius 1 is 0.929 bits per heavy atom. The van der Waals surface area contributed by atoms with Crippen molar-refractivity contribution in [2.45, 2.75) is 19.3 Å². The molecule has 0 unspecified atom stereocenters. The van der Waals surface area contributed by atoms with E-state index in [1.807, 2.05) is 0 Å². The molecule has 0 aromatic heterocycles. The van der Waals surface area contributed by atoms with Crippen molar-refractivity contribution in [3.8, 4) is 0 Å². The molecule has 0 radical (unpaired) electrons. The Morgan fingerprint density at radius 2 is 1.57 bits per heavy atom. The molecule has 0 bridgehead atoms. The summed E-state index contributed by atoms with van der Waals surface area (Å²) in [6.07, 6.45) is 1.82. The Balaban J connectivity index is 2.72. The molecule has 1 rings (SSSR count). The summed E-state index contributed by atoms with van der Waals surface area (Å²) >= 11 is 0. The molecule has 0 fully saturated rings. The van der Waals surface area contributed by atoms with Crippen molar-refractivity contribution in [3.63, 3.8) is 0 Å². The van der Waals surface area contributed by atoms with Crippen LogP contribution in [0.1, 0.15) is 18.4 Å². The van der Waals surface area contributed by atoms with Gasteiger partial charge in [0.05, 0.1) is 0 Å². The summed E-state index contributed by atoms with van der Waals surface area (Å²) in [4.78, 5) is 0. The Kier molecular flexibility index (Phi) is 3.95.